The Balaban J connectivity index is 1.39. The number of imidazole rings is 1. The number of carbonyl (C=O) groups excluding carboxylic acids is 2. The lowest BCUT2D eigenvalue weighted by atomic mass is 10.0. The van der Waals surface area contributed by atoms with Gasteiger partial charge >= 0.3 is 5.97 Å². The molecule has 3 aromatic rings. The first kappa shape index (κ1) is 24.7. The third kappa shape index (κ3) is 4.29. The summed E-state index contributed by atoms with van der Waals surface area (Å²) in [4.78, 5) is 52.8. The van der Waals surface area contributed by atoms with Crippen LogP contribution in [0.15, 0.2) is 40.3 Å². The molecule has 2 aliphatic heterocycles. The van der Waals surface area contributed by atoms with Crippen LogP contribution in [-0.2, 0) is 25.8 Å². The number of nitrogen functional groups attached to an aromatic ring is 1. The molecule has 192 valence electrons. The van der Waals surface area contributed by atoms with Gasteiger partial charge < -0.3 is 21.0 Å². The topological polar surface area (TPSA) is 168 Å². The van der Waals surface area contributed by atoms with E-state index in [0.29, 0.717) is 11.3 Å². The van der Waals surface area contributed by atoms with Crippen molar-refractivity contribution in [2.75, 3.05) is 18.6 Å². The first-order chi connectivity index (χ1) is 17.7. The van der Waals surface area contributed by atoms with E-state index in [1.54, 1.807) is 5.38 Å². The van der Waals surface area contributed by atoms with Gasteiger partial charge in [0, 0.05) is 35.4 Å². The number of fused-ring (bicyclic) bond motifs is 2. The molecule has 2 aliphatic rings. The fourth-order valence-corrected chi connectivity index (χ4v) is 6.32. The minimum atomic E-state index is -1.20. The average Bonchev–Trinajstić information content (AvgIpc) is 3.46. The van der Waals surface area contributed by atoms with Gasteiger partial charge in [0.1, 0.15) is 48.9 Å². The number of hydrogen-bond acceptors (Lipinski definition) is 10. The van der Waals surface area contributed by atoms with E-state index in [2.05, 4.69) is 20.4 Å². The van der Waals surface area contributed by atoms with E-state index in [9.17, 15) is 19.5 Å². The summed E-state index contributed by atoms with van der Waals surface area (Å²) in [6, 6.07) is 0.994. The Labute approximate surface area is 218 Å². The molecule has 5 heterocycles. The molecule has 1 saturated heterocycles. The van der Waals surface area contributed by atoms with Crippen LogP contribution in [0.2, 0.25) is 0 Å². The van der Waals surface area contributed by atoms with Crippen molar-refractivity contribution in [2.45, 2.75) is 31.8 Å². The molecule has 0 unspecified atom stereocenters. The number of thiazole rings is 1. The van der Waals surface area contributed by atoms with Crippen molar-refractivity contribution in [3.05, 3.63) is 52.3 Å². The molecule has 0 spiro atoms. The highest BCUT2D eigenvalue weighted by molar-refractivity contribution is 8.00. The highest BCUT2D eigenvalue weighted by Gasteiger charge is 2.54. The molecule has 4 N–H and O–H groups in total. The van der Waals surface area contributed by atoms with Gasteiger partial charge in [-0.3, -0.25) is 14.5 Å². The lowest BCUT2D eigenvalue weighted by molar-refractivity contribution is -0.662. The third-order valence-corrected chi connectivity index (χ3v) is 8.03. The molecule has 13 nitrogen and oxygen atoms in total. The van der Waals surface area contributed by atoms with E-state index in [1.807, 2.05) is 41.3 Å². The maximum Gasteiger partial charge on any atom is 0.352 e. The number of aliphatic carboxylic acids is 1. The fourth-order valence-electron chi connectivity index (χ4n) is 4.44. The minimum Gasteiger partial charge on any atom is -0.477 e. The highest BCUT2D eigenvalue weighted by Crippen LogP contribution is 2.40. The molecule has 3 aromatic heterocycles. The van der Waals surface area contributed by atoms with E-state index in [0.717, 1.165) is 28.5 Å². The summed E-state index contributed by atoms with van der Waals surface area (Å²) in [6.07, 6.45) is 3.72. The Morgan fingerprint density at radius 1 is 1.38 bits per heavy atom. The van der Waals surface area contributed by atoms with Crippen LogP contribution < -0.4 is 15.6 Å². The first-order valence-electron chi connectivity index (χ1n) is 11.1. The van der Waals surface area contributed by atoms with Gasteiger partial charge in [-0.1, -0.05) is 5.16 Å². The van der Waals surface area contributed by atoms with Gasteiger partial charge in [0.15, 0.2) is 16.7 Å². The predicted octanol–water partition coefficient (Wildman–Crippen LogP) is 0.0666. The van der Waals surface area contributed by atoms with E-state index in [1.165, 1.54) is 23.8 Å². The fraction of sp³-hybridized carbons (Fsp3) is 0.318. The van der Waals surface area contributed by atoms with Crippen LogP contribution in [0.5, 0.6) is 0 Å². The predicted molar refractivity (Wildman–Crippen MR) is 135 cm³/mol. The van der Waals surface area contributed by atoms with Gasteiger partial charge in [-0.25, -0.2) is 19.3 Å². The lowest BCUT2D eigenvalue weighted by Gasteiger charge is -2.49. The van der Waals surface area contributed by atoms with Crippen LogP contribution in [0, 0.1) is 13.8 Å². The Morgan fingerprint density at radius 3 is 2.84 bits per heavy atom. The van der Waals surface area contributed by atoms with Crippen molar-refractivity contribution in [3.63, 3.8) is 0 Å². The number of β-lactam (4-membered cyclic amide) rings is 1. The van der Waals surface area contributed by atoms with E-state index < -0.39 is 29.2 Å². The van der Waals surface area contributed by atoms with Crippen LogP contribution in [0.4, 0.5) is 5.13 Å². The zero-order chi connectivity index (χ0) is 26.4. The number of nitrogens with one attached hydrogen (secondary N) is 1. The number of hydrogen-bond donors (Lipinski definition) is 3. The van der Waals surface area contributed by atoms with Crippen LogP contribution in [0.25, 0.3) is 5.65 Å². The van der Waals surface area contributed by atoms with Gasteiger partial charge in [-0.15, -0.1) is 23.1 Å². The Bertz CT molecular complexity index is 1510. The van der Waals surface area contributed by atoms with E-state index in [4.69, 9.17) is 10.6 Å². The number of rotatable bonds is 7. The second-order valence-corrected chi connectivity index (χ2v) is 10.4. The van der Waals surface area contributed by atoms with E-state index in [-0.39, 0.29) is 28.8 Å². The van der Waals surface area contributed by atoms with Crippen molar-refractivity contribution < 1.29 is 28.9 Å². The molecular weight excluding hydrogens is 520 g/mol. The Kier molecular flexibility index (Phi) is 6.33. The second-order valence-electron chi connectivity index (χ2n) is 8.41. The monoisotopic (exact) mass is 543 g/mol. The van der Waals surface area contributed by atoms with Crippen molar-refractivity contribution in [1.29, 1.82) is 0 Å². The van der Waals surface area contributed by atoms with Crippen LogP contribution in [0.3, 0.4) is 0 Å². The average molecular weight is 544 g/mol. The number of nitrogens with two attached hydrogens (primary N) is 1. The standard InChI is InChI=1S/C22H22N8O5S2/c1-10-6-14-28(4-5-29(14)11(2)24-10)7-12-8-36-20-16(19(32)30(20)17(12)21(33)34)26-18(31)15(27-35-3)13-9-37-22(23)25-13/h4-6,9,16,20H,7-8H2,1-3H3,(H3-,23,25,26,31,33,34)/p+1/b27-15-/t16-,20-/m1/s1. The number of carboxylic acids is 1. The van der Waals surface area contributed by atoms with Gasteiger partial charge in [-0.05, 0) is 6.92 Å². The van der Waals surface area contributed by atoms with Crippen molar-refractivity contribution in [1.82, 2.24) is 24.6 Å². The molecule has 2 amide bonds. The normalized spacial score (nSPS) is 19.6. The number of amides is 2. The summed E-state index contributed by atoms with van der Waals surface area (Å²) in [5.41, 5.74) is 7.98. The van der Waals surface area contributed by atoms with E-state index >= 15 is 0 Å². The maximum absolute atomic E-state index is 13.1. The second kappa shape index (κ2) is 9.48. The van der Waals surface area contributed by atoms with Crippen LogP contribution in [-0.4, -0.2) is 72.1 Å². The molecule has 1 fully saturated rings. The molecule has 0 bridgehead atoms. The summed E-state index contributed by atoms with van der Waals surface area (Å²) in [5, 5.41) is 17.6. The maximum atomic E-state index is 13.1. The molecule has 5 rings (SSSR count). The highest BCUT2D eigenvalue weighted by atomic mass is 32.2. The zero-order valence-corrected chi connectivity index (χ0v) is 21.7. The molecule has 0 aliphatic carbocycles. The van der Waals surface area contributed by atoms with Crippen LogP contribution >= 0.6 is 23.1 Å². The number of oxime groups is 1. The minimum absolute atomic E-state index is 0.0633. The SMILES string of the molecule is CO/N=C(\C(=O)N[C@@H]1C(=O)N2C(C(=O)O)=C(C[n+]3ccn4c(C)nc(C)cc43)CS[C@H]12)c1csc(N)n1. The van der Waals surface area contributed by atoms with Gasteiger partial charge in [0.05, 0.1) is 0 Å². The lowest BCUT2D eigenvalue weighted by Crippen LogP contribution is -2.71. The Morgan fingerprint density at radius 2 is 2.16 bits per heavy atom. The van der Waals surface area contributed by atoms with Crippen molar-refractivity contribution in [2.24, 2.45) is 5.16 Å². The smallest absolute Gasteiger partial charge is 0.352 e. The third-order valence-electron chi connectivity index (χ3n) is 6.02. The first-order valence-corrected chi connectivity index (χ1v) is 13.0. The zero-order valence-electron chi connectivity index (χ0n) is 20.0. The van der Waals surface area contributed by atoms with Crippen LogP contribution in [0.1, 0.15) is 17.2 Å². The summed E-state index contributed by atoms with van der Waals surface area (Å²) < 4.78 is 3.85. The molecular formula is C22H23N8O5S2+. The molecule has 0 saturated carbocycles. The number of carbonyl (C=O) groups is 3. The molecule has 15 heteroatoms. The summed E-state index contributed by atoms with van der Waals surface area (Å²) in [6.45, 7) is 4.08. The number of nitrogens with zero attached hydrogens (tertiary/aromatic N) is 6. The molecule has 0 aromatic carbocycles. The van der Waals surface area contributed by atoms with Crippen molar-refractivity contribution >= 4 is 57.4 Å². The number of thioether (sulfide) groups is 1. The summed E-state index contributed by atoms with van der Waals surface area (Å²) >= 11 is 2.52. The number of aryl methyl sites for hydroxylation is 2. The quantitative estimate of drug-likeness (QED) is 0.162. The summed E-state index contributed by atoms with van der Waals surface area (Å²) in [7, 11) is 1.29. The molecule has 0 radical (unpaired) electrons. The molecule has 2 atom stereocenters. The van der Waals surface area contributed by atoms with Gasteiger partial charge in [-0.2, -0.15) is 4.40 Å². The number of carboxylic acid groups (broad SMARTS) is 1. The largest absolute Gasteiger partial charge is 0.477 e. The number of aromatic nitrogens is 4. The van der Waals surface area contributed by atoms with Gasteiger partial charge in [0.2, 0.25) is 0 Å². The Hall–Kier alpha value is -3.98. The summed E-state index contributed by atoms with van der Waals surface area (Å²) in [5.74, 6) is -1.20. The van der Waals surface area contributed by atoms with Gasteiger partial charge in [0.25, 0.3) is 17.5 Å². The molecule has 37 heavy (non-hydrogen) atoms. The van der Waals surface area contributed by atoms with Crippen molar-refractivity contribution in [3.8, 4) is 0 Å². The number of anilines is 1.